The van der Waals surface area contributed by atoms with E-state index in [1.165, 1.54) is 0 Å². The molecule has 8 nitrogen and oxygen atoms in total. The lowest BCUT2D eigenvalue weighted by Gasteiger charge is -2.35. The number of hydrogen-bond donors (Lipinski definition) is 1. The Morgan fingerprint density at radius 3 is 2.50 bits per heavy atom. The Labute approximate surface area is 153 Å². The molecule has 1 aliphatic rings. The van der Waals surface area contributed by atoms with E-state index in [4.69, 9.17) is 9.51 Å². The second kappa shape index (κ2) is 7.82. The molecule has 26 heavy (non-hydrogen) atoms. The van der Waals surface area contributed by atoms with Crippen LogP contribution in [-0.4, -0.2) is 58.7 Å². The van der Waals surface area contributed by atoms with Crippen molar-refractivity contribution in [3.8, 4) is 0 Å². The number of rotatable bonds is 5. The molecule has 0 atom stereocenters. The minimum Gasteiger partial charge on any atom is -0.354 e. The van der Waals surface area contributed by atoms with Crippen LogP contribution in [0.2, 0.25) is 0 Å². The summed E-state index contributed by atoms with van der Waals surface area (Å²) in [7, 11) is 0. The molecule has 1 aliphatic heterocycles. The van der Waals surface area contributed by atoms with Crippen LogP contribution in [0.3, 0.4) is 0 Å². The average Bonchev–Trinajstić information content (AvgIpc) is 2.99. The first-order valence-electron chi connectivity index (χ1n) is 8.97. The lowest BCUT2D eigenvalue weighted by Crippen LogP contribution is -2.49. The monoisotopic (exact) mass is 358 g/mol. The van der Waals surface area contributed by atoms with Gasteiger partial charge in [0.1, 0.15) is 11.6 Å². The highest BCUT2D eigenvalue weighted by Gasteiger charge is 2.21. The molecular weight excluding hydrogens is 332 g/mol. The van der Waals surface area contributed by atoms with E-state index >= 15 is 0 Å². The Hall–Kier alpha value is -2.48. The Kier molecular flexibility index (Phi) is 5.51. The maximum atomic E-state index is 12.1. The number of aryl methyl sites for hydroxylation is 2. The largest absolute Gasteiger partial charge is 0.354 e. The van der Waals surface area contributed by atoms with E-state index in [1.807, 2.05) is 19.9 Å². The fourth-order valence-corrected chi connectivity index (χ4v) is 2.93. The summed E-state index contributed by atoms with van der Waals surface area (Å²) in [6.45, 7) is 11.7. The fourth-order valence-electron chi connectivity index (χ4n) is 2.93. The molecule has 0 aromatic carbocycles. The van der Waals surface area contributed by atoms with Gasteiger partial charge >= 0.3 is 0 Å². The lowest BCUT2D eigenvalue weighted by atomic mass is 10.2. The molecule has 3 rings (SSSR count). The highest BCUT2D eigenvalue weighted by atomic mass is 16.5. The van der Waals surface area contributed by atoms with Gasteiger partial charge in [-0.05, 0) is 13.8 Å². The molecule has 1 fully saturated rings. The highest BCUT2D eigenvalue weighted by molar-refractivity contribution is 5.90. The molecule has 140 valence electrons. The van der Waals surface area contributed by atoms with Crippen LogP contribution in [0, 0.1) is 13.8 Å². The van der Waals surface area contributed by atoms with Crippen molar-refractivity contribution in [1.82, 2.24) is 20.0 Å². The number of anilines is 2. The zero-order chi connectivity index (χ0) is 18.7. The van der Waals surface area contributed by atoms with Gasteiger partial charge in [0, 0.05) is 49.9 Å². The molecule has 3 heterocycles. The van der Waals surface area contributed by atoms with Crippen LogP contribution in [-0.2, 0) is 4.79 Å². The first kappa shape index (κ1) is 18.3. The minimum atomic E-state index is -0.0884. The van der Waals surface area contributed by atoms with Crippen LogP contribution in [0.1, 0.15) is 37.0 Å². The molecule has 0 bridgehead atoms. The van der Waals surface area contributed by atoms with Crippen molar-refractivity contribution in [3.63, 3.8) is 0 Å². The predicted molar refractivity (Wildman–Crippen MR) is 99.4 cm³/mol. The molecular formula is C18H26N6O2. The van der Waals surface area contributed by atoms with Crippen LogP contribution in [0.5, 0.6) is 0 Å². The number of piperazine rings is 1. The summed E-state index contributed by atoms with van der Waals surface area (Å²) in [5, 5.41) is 6.50. The standard InChI is InChI=1S/C18H26N6O2/c1-12(2)18-19-13(3)9-15(20-18)24-7-5-23(6-8-24)11-16(25)21-17-10-14(4)22-26-17/h9-10,12H,5-8,11H2,1-4H3,(H,21,25). The maximum absolute atomic E-state index is 12.1. The van der Waals surface area contributed by atoms with E-state index in [-0.39, 0.29) is 5.91 Å². The Bertz CT molecular complexity index is 765. The number of amides is 1. The molecule has 2 aromatic rings. The van der Waals surface area contributed by atoms with Crippen molar-refractivity contribution >= 4 is 17.6 Å². The molecule has 0 aliphatic carbocycles. The fraction of sp³-hybridized carbons (Fsp3) is 0.556. The summed E-state index contributed by atoms with van der Waals surface area (Å²) in [6.07, 6.45) is 0. The van der Waals surface area contributed by atoms with Crippen molar-refractivity contribution in [2.24, 2.45) is 0 Å². The Morgan fingerprint density at radius 2 is 1.88 bits per heavy atom. The van der Waals surface area contributed by atoms with Crippen LogP contribution < -0.4 is 10.2 Å². The summed E-state index contributed by atoms with van der Waals surface area (Å²) < 4.78 is 5.02. The molecule has 0 saturated carbocycles. The van der Waals surface area contributed by atoms with Gasteiger partial charge in [-0.1, -0.05) is 19.0 Å². The molecule has 8 heteroatoms. The molecule has 2 aromatic heterocycles. The Balaban J connectivity index is 1.53. The number of carbonyl (C=O) groups is 1. The summed E-state index contributed by atoms with van der Waals surface area (Å²) in [5.74, 6) is 2.46. The van der Waals surface area contributed by atoms with Crippen molar-refractivity contribution in [2.45, 2.75) is 33.6 Å². The molecule has 1 N–H and O–H groups in total. The topological polar surface area (TPSA) is 87.4 Å². The number of aromatic nitrogens is 3. The van der Waals surface area contributed by atoms with Gasteiger partial charge < -0.3 is 9.42 Å². The van der Waals surface area contributed by atoms with E-state index in [2.05, 4.69) is 39.1 Å². The zero-order valence-electron chi connectivity index (χ0n) is 15.8. The normalized spacial score (nSPS) is 15.5. The van der Waals surface area contributed by atoms with Gasteiger partial charge in [0.15, 0.2) is 0 Å². The third kappa shape index (κ3) is 4.57. The van der Waals surface area contributed by atoms with E-state index in [0.717, 1.165) is 49.2 Å². The van der Waals surface area contributed by atoms with Crippen LogP contribution in [0.4, 0.5) is 11.7 Å². The smallest absolute Gasteiger partial charge is 0.240 e. The van der Waals surface area contributed by atoms with Crippen molar-refractivity contribution in [3.05, 3.63) is 29.3 Å². The van der Waals surface area contributed by atoms with Gasteiger partial charge in [0.25, 0.3) is 0 Å². The Morgan fingerprint density at radius 1 is 1.15 bits per heavy atom. The molecule has 0 spiro atoms. The van der Waals surface area contributed by atoms with E-state index in [0.29, 0.717) is 18.3 Å². The third-order valence-electron chi connectivity index (χ3n) is 4.33. The quantitative estimate of drug-likeness (QED) is 0.874. The number of hydrogen-bond acceptors (Lipinski definition) is 7. The molecule has 1 saturated heterocycles. The van der Waals surface area contributed by atoms with Gasteiger partial charge in [0.2, 0.25) is 11.8 Å². The zero-order valence-corrected chi connectivity index (χ0v) is 15.8. The number of nitrogens with one attached hydrogen (secondary N) is 1. The molecule has 1 amide bonds. The summed E-state index contributed by atoms with van der Waals surface area (Å²) in [6, 6.07) is 3.74. The van der Waals surface area contributed by atoms with Crippen molar-refractivity contribution in [1.29, 1.82) is 0 Å². The van der Waals surface area contributed by atoms with Gasteiger partial charge in [-0.15, -0.1) is 0 Å². The highest BCUT2D eigenvalue weighted by Crippen LogP contribution is 2.18. The van der Waals surface area contributed by atoms with Gasteiger partial charge in [-0.25, -0.2) is 9.97 Å². The SMILES string of the molecule is Cc1cc(NC(=O)CN2CCN(c3cc(C)nc(C(C)C)n3)CC2)on1. The van der Waals surface area contributed by atoms with Crippen molar-refractivity contribution in [2.75, 3.05) is 42.9 Å². The van der Waals surface area contributed by atoms with E-state index in [9.17, 15) is 4.79 Å². The second-order valence-electron chi connectivity index (χ2n) is 7.02. The average molecular weight is 358 g/mol. The maximum Gasteiger partial charge on any atom is 0.240 e. The first-order chi connectivity index (χ1) is 12.4. The minimum absolute atomic E-state index is 0.0884. The predicted octanol–water partition coefficient (Wildman–Crippen LogP) is 1.97. The number of nitrogens with zero attached hydrogens (tertiary/aromatic N) is 5. The molecule has 0 unspecified atom stereocenters. The van der Waals surface area contributed by atoms with E-state index in [1.54, 1.807) is 6.07 Å². The summed E-state index contributed by atoms with van der Waals surface area (Å²) in [4.78, 5) is 25.7. The number of carbonyl (C=O) groups excluding carboxylic acids is 1. The summed E-state index contributed by atoms with van der Waals surface area (Å²) in [5.41, 5.74) is 1.73. The van der Waals surface area contributed by atoms with Gasteiger partial charge in [0.05, 0.1) is 12.2 Å². The van der Waals surface area contributed by atoms with Gasteiger partial charge in [-0.3, -0.25) is 15.0 Å². The van der Waals surface area contributed by atoms with Gasteiger partial charge in [-0.2, -0.15) is 0 Å². The second-order valence-corrected chi connectivity index (χ2v) is 7.02. The lowest BCUT2D eigenvalue weighted by molar-refractivity contribution is -0.117. The first-order valence-corrected chi connectivity index (χ1v) is 8.97. The summed E-state index contributed by atoms with van der Waals surface area (Å²) >= 11 is 0. The van der Waals surface area contributed by atoms with Crippen LogP contribution in [0.25, 0.3) is 0 Å². The molecule has 0 radical (unpaired) electrons. The van der Waals surface area contributed by atoms with Crippen LogP contribution >= 0.6 is 0 Å². The van der Waals surface area contributed by atoms with E-state index < -0.39 is 0 Å². The van der Waals surface area contributed by atoms with Crippen LogP contribution in [0.15, 0.2) is 16.7 Å². The third-order valence-corrected chi connectivity index (χ3v) is 4.33. The van der Waals surface area contributed by atoms with Crippen molar-refractivity contribution < 1.29 is 9.32 Å².